The molecule has 1 aliphatic carbocycles. The van der Waals surface area contributed by atoms with Gasteiger partial charge >= 0.3 is 0 Å². The Balaban J connectivity index is 1.82. The Kier molecular flexibility index (Phi) is 2.29. The van der Waals surface area contributed by atoms with Gasteiger partial charge in [0.1, 0.15) is 0 Å². The molecule has 0 aromatic heterocycles. The van der Waals surface area contributed by atoms with Crippen molar-refractivity contribution in [2.45, 2.75) is 56.6 Å². The summed E-state index contributed by atoms with van der Waals surface area (Å²) in [6.07, 6.45) is 9.66. The molecule has 0 amide bonds. The zero-order valence-corrected chi connectivity index (χ0v) is 9.00. The fraction of sp³-hybridized carbons (Fsp3) is 1.00. The van der Waals surface area contributed by atoms with Gasteiger partial charge in [-0.05, 0) is 32.2 Å². The van der Waals surface area contributed by atoms with E-state index in [1.165, 1.54) is 58.0 Å². The van der Waals surface area contributed by atoms with Gasteiger partial charge in [0.15, 0.2) is 0 Å². The second kappa shape index (κ2) is 3.49. The third kappa shape index (κ3) is 1.31. The molecule has 2 heterocycles. The monoisotopic (exact) mass is 195 g/mol. The van der Waals surface area contributed by atoms with Gasteiger partial charge in [0.05, 0.1) is 12.2 Å². The van der Waals surface area contributed by atoms with Crippen LogP contribution < -0.4 is 0 Å². The molecule has 1 spiro atoms. The van der Waals surface area contributed by atoms with E-state index in [9.17, 15) is 0 Å². The van der Waals surface area contributed by atoms with Gasteiger partial charge in [-0.15, -0.1) is 0 Å². The molecule has 0 aromatic carbocycles. The average Bonchev–Trinajstić information content (AvgIpc) is 2.68. The summed E-state index contributed by atoms with van der Waals surface area (Å²) in [5.74, 6) is 0. The first-order valence-corrected chi connectivity index (χ1v) is 6.29. The summed E-state index contributed by atoms with van der Waals surface area (Å²) in [6.45, 7) is 3.50. The van der Waals surface area contributed by atoms with Crippen LogP contribution in [-0.2, 0) is 4.74 Å². The van der Waals surface area contributed by atoms with Gasteiger partial charge in [0.25, 0.3) is 0 Å². The van der Waals surface area contributed by atoms with Crippen LogP contribution >= 0.6 is 0 Å². The minimum Gasteiger partial charge on any atom is -0.372 e. The highest BCUT2D eigenvalue weighted by Crippen LogP contribution is 2.43. The van der Waals surface area contributed by atoms with Gasteiger partial charge in [0.2, 0.25) is 0 Å². The number of morpholine rings is 1. The Bertz CT molecular complexity index is 208. The summed E-state index contributed by atoms with van der Waals surface area (Å²) in [7, 11) is 0. The Morgan fingerprint density at radius 1 is 1.00 bits per heavy atom. The smallest absolute Gasteiger partial charge is 0.0837 e. The lowest BCUT2D eigenvalue weighted by Crippen LogP contribution is -2.59. The van der Waals surface area contributed by atoms with Crippen LogP contribution in [0, 0.1) is 0 Å². The molecule has 2 nitrogen and oxygen atoms in total. The zero-order chi connectivity index (χ0) is 9.43. The van der Waals surface area contributed by atoms with Crippen LogP contribution in [-0.4, -0.2) is 36.2 Å². The number of fused-ring (bicyclic) bond motifs is 2. The van der Waals surface area contributed by atoms with E-state index < -0.39 is 0 Å². The van der Waals surface area contributed by atoms with Gasteiger partial charge in [-0.2, -0.15) is 0 Å². The molecule has 2 saturated heterocycles. The maximum absolute atomic E-state index is 6.15. The summed E-state index contributed by atoms with van der Waals surface area (Å²) in [5.41, 5.74) is 0.290. The fourth-order valence-corrected chi connectivity index (χ4v) is 3.77. The van der Waals surface area contributed by atoms with Crippen LogP contribution in [0.5, 0.6) is 0 Å². The van der Waals surface area contributed by atoms with Gasteiger partial charge in [-0.1, -0.05) is 19.3 Å². The molecular formula is C12H21NO. The lowest BCUT2D eigenvalue weighted by atomic mass is 9.83. The fourth-order valence-electron chi connectivity index (χ4n) is 3.77. The third-order valence-corrected chi connectivity index (χ3v) is 4.44. The molecule has 1 saturated carbocycles. The van der Waals surface area contributed by atoms with Crippen molar-refractivity contribution in [3.05, 3.63) is 0 Å². The molecule has 0 radical (unpaired) electrons. The highest BCUT2D eigenvalue weighted by Gasteiger charge is 2.47. The highest BCUT2D eigenvalue weighted by molar-refractivity contribution is 5.01. The van der Waals surface area contributed by atoms with Crippen molar-refractivity contribution in [3.63, 3.8) is 0 Å². The van der Waals surface area contributed by atoms with Gasteiger partial charge in [-0.25, -0.2) is 0 Å². The number of hydrogen-bond acceptors (Lipinski definition) is 2. The molecule has 3 fully saturated rings. The number of rotatable bonds is 0. The average molecular weight is 195 g/mol. The van der Waals surface area contributed by atoms with Crippen molar-refractivity contribution in [1.29, 1.82) is 0 Å². The van der Waals surface area contributed by atoms with E-state index in [4.69, 9.17) is 4.74 Å². The summed E-state index contributed by atoms with van der Waals surface area (Å²) >= 11 is 0. The van der Waals surface area contributed by atoms with Crippen LogP contribution in [0.2, 0.25) is 0 Å². The molecule has 1 unspecified atom stereocenters. The number of ether oxygens (including phenoxy) is 1. The van der Waals surface area contributed by atoms with Crippen LogP contribution in [0.1, 0.15) is 44.9 Å². The molecule has 2 aliphatic heterocycles. The normalized spacial score (nSPS) is 37.3. The maximum Gasteiger partial charge on any atom is 0.0837 e. The van der Waals surface area contributed by atoms with Crippen molar-refractivity contribution in [1.82, 2.24) is 4.90 Å². The van der Waals surface area contributed by atoms with E-state index in [2.05, 4.69) is 4.90 Å². The number of hydrogen-bond donors (Lipinski definition) is 0. The van der Waals surface area contributed by atoms with Crippen molar-refractivity contribution in [2.75, 3.05) is 19.7 Å². The van der Waals surface area contributed by atoms with Crippen LogP contribution in [0.3, 0.4) is 0 Å². The molecule has 80 valence electrons. The Hall–Kier alpha value is -0.0800. The Labute approximate surface area is 86.6 Å². The zero-order valence-electron chi connectivity index (χ0n) is 9.00. The van der Waals surface area contributed by atoms with E-state index >= 15 is 0 Å². The highest BCUT2D eigenvalue weighted by atomic mass is 16.5. The first-order valence-electron chi connectivity index (χ1n) is 6.29. The molecule has 2 heteroatoms. The quantitative estimate of drug-likeness (QED) is 0.587. The van der Waals surface area contributed by atoms with E-state index in [1.807, 2.05) is 0 Å². The number of nitrogens with zero attached hydrogens (tertiary/aromatic N) is 1. The lowest BCUT2D eigenvalue weighted by molar-refractivity contribution is -0.153. The molecule has 3 aliphatic rings. The molecule has 3 rings (SSSR count). The summed E-state index contributed by atoms with van der Waals surface area (Å²) in [5, 5.41) is 0. The van der Waals surface area contributed by atoms with Crippen LogP contribution in [0.15, 0.2) is 0 Å². The standard InChI is InChI=1S/C12H21NO/c1-4-8-13-9-10-14-12(11(13)5-1)6-2-3-7-12/h11H,1-10H2. The van der Waals surface area contributed by atoms with Gasteiger partial charge < -0.3 is 4.74 Å². The molecule has 14 heavy (non-hydrogen) atoms. The minimum atomic E-state index is 0.290. The first-order chi connectivity index (χ1) is 6.91. The molecule has 0 N–H and O–H groups in total. The van der Waals surface area contributed by atoms with Gasteiger partial charge in [-0.3, -0.25) is 4.90 Å². The number of piperidine rings is 1. The van der Waals surface area contributed by atoms with Crippen molar-refractivity contribution >= 4 is 0 Å². The molecule has 0 aromatic rings. The summed E-state index contributed by atoms with van der Waals surface area (Å²) in [6, 6.07) is 0.771. The predicted octanol–water partition coefficient (Wildman–Crippen LogP) is 2.18. The van der Waals surface area contributed by atoms with Crippen LogP contribution in [0.25, 0.3) is 0 Å². The first kappa shape index (κ1) is 9.17. The predicted molar refractivity (Wildman–Crippen MR) is 56.4 cm³/mol. The minimum absolute atomic E-state index is 0.290. The summed E-state index contributed by atoms with van der Waals surface area (Å²) < 4.78 is 6.15. The van der Waals surface area contributed by atoms with Crippen molar-refractivity contribution in [2.24, 2.45) is 0 Å². The molecule has 1 atom stereocenters. The van der Waals surface area contributed by atoms with E-state index in [1.54, 1.807) is 0 Å². The van der Waals surface area contributed by atoms with Crippen molar-refractivity contribution in [3.8, 4) is 0 Å². The van der Waals surface area contributed by atoms with E-state index in [-0.39, 0.29) is 0 Å². The van der Waals surface area contributed by atoms with Crippen LogP contribution in [0.4, 0.5) is 0 Å². The third-order valence-electron chi connectivity index (χ3n) is 4.44. The molecule has 0 bridgehead atoms. The van der Waals surface area contributed by atoms with E-state index in [0.717, 1.165) is 12.6 Å². The SMILES string of the molecule is C1CCN2CCOC3(CCCC3)C2C1. The lowest BCUT2D eigenvalue weighted by Gasteiger charge is -2.50. The topological polar surface area (TPSA) is 12.5 Å². The van der Waals surface area contributed by atoms with Crippen molar-refractivity contribution < 1.29 is 4.74 Å². The molecular weight excluding hydrogens is 174 g/mol. The summed E-state index contributed by atoms with van der Waals surface area (Å²) in [4.78, 5) is 2.71. The second-order valence-electron chi connectivity index (χ2n) is 5.17. The maximum atomic E-state index is 6.15. The Morgan fingerprint density at radius 2 is 1.86 bits per heavy atom. The van der Waals surface area contributed by atoms with E-state index in [0.29, 0.717) is 5.60 Å². The van der Waals surface area contributed by atoms with Gasteiger partial charge in [0, 0.05) is 12.6 Å². The largest absolute Gasteiger partial charge is 0.372 e. The second-order valence-corrected chi connectivity index (χ2v) is 5.17. The Morgan fingerprint density at radius 3 is 2.71 bits per heavy atom.